The van der Waals surface area contributed by atoms with Gasteiger partial charge in [-0.15, -0.1) is 0 Å². The van der Waals surface area contributed by atoms with Crippen molar-refractivity contribution in [3.05, 3.63) is 58.3 Å². The molecule has 2 aromatic rings. The van der Waals surface area contributed by atoms with Gasteiger partial charge in [-0.3, -0.25) is 0 Å². The molecule has 1 N–H and O–H groups in total. The summed E-state index contributed by atoms with van der Waals surface area (Å²) in [7, 11) is 0. The van der Waals surface area contributed by atoms with Crippen molar-refractivity contribution in [2.75, 3.05) is 5.32 Å². The van der Waals surface area contributed by atoms with E-state index in [-0.39, 0.29) is 11.6 Å². The summed E-state index contributed by atoms with van der Waals surface area (Å²) in [6.45, 7) is -2.34. The fourth-order valence-corrected chi connectivity index (χ4v) is 2.11. The zero-order valence-electron chi connectivity index (χ0n) is 10.2. The molecule has 0 atom stereocenters. The lowest BCUT2D eigenvalue weighted by atomic mass is 10.2. The quantitative estimate of drug-likeness (QED) is 0.840. The van der Waals surface area contributed by atoms with Crippen LogP contribution in [0, 0.1) is 5.82 Å². The lowest BCUT2D eigenvalue weighted by Crippen LogP contribution is -2.03. The summed E-state index contributed by atoms with van der Waals surface area (Å²) >= 11 is 3.25. The van der Waals surface area contributed by atoms with Gasteiger partial charge < -0.3 is 10.1 Å². The average Bonchev–Trinajstić information content (AvgIpc) is 2.39. The molecule has 0 aliphatic rings. The normalized spacial score (nSPS) is 10.7. The van der Waals surface area contributed by atoms with Crippen LogP contribution >= 0.6 is 15.9 Å². The second kappa shape index (κ2) is 6.65. The van der Waals surface area contributed by atoms with E-state index >= 15 is 0 Å². The van der Waals surface area contributed by atoms with Crippen LogP contribution in [0.1, 0.15) is 5.56 Å². The molecule has 0 radical (unpaired) electrons. The Morgan fingerprint density at radius 3 is 2.40 bits per heavy atom. The largest absolute Gasteiger partial charge is 0.435 e. The van der Waals surface area contributed by atoms with Gasteiger partial charge in [-0.1, -0.05) is 12.1 Å². The van der Waals surface area contributed by atoms with E-state index in [1.165, 1.54) is 24.3 Å². The Kier molecular flexibility index (Phi) is 4.89. The molecule has 2 nitrogen and oxygen atoms in total. The molecule has 0 spiro atoms. The summed E-state index contributed by atoms with van der Waals surface area (Å²) in [6, 6.07) is 10.7. The SMILES string of the molecule is Fc1ccc(NCc2ccc(OC(F)F)cc2)c(Br)c1. The molecule has 20 heavy (non-hydrogen) atoms. The van der Waals surface area contributed by atoms with E-state index in [2.05, 4.69) is 26.0 Å². The monoisotopic (exact) mass is 345 g/mol. The van der Waals surface area contributed by atoms with Crippen LogP contribution in [0.5, 0.6) is 5.75 Å². The summed E-state index contributed by atoms with van der Waals surface area (Å²) in [5.74, 6) is -0.206. The van der Waals surface area contributed by atoms with E-state index in [1.54, 1.807) is 18.2 Å². The lowest BCUT2D eigenvalue weighted by molar-refractivity contribution is -0.0498. The van der Waals surface area contributed by atoms with Crippen molar-refractivity contribution in [3.63, 3.8) is 0 Å². The Morgan fingerprint density at radius 1 is 1.10 bits per heavy atom. The fourth-order valence-electron chi connectivity index (χ4n) is 1.62. The van der Waals surface area contributed by atoms with Gasteiger partial charge in [0.25, 0.3) is 0 Å². The number of anilines is 1. The van der Waals surface area contributed by atoms with Gasteiger partial charge in [0.05, 0.1) is 0 Å². The van der Waals surface area contributed by atoms with Crippen LogP contribution in [0.25, 0.3) is 0 Å². The minimum atomic E-state index is -2.82. The minimum Gasteiger partial charge on any atom is -0.435 e. The molecule has 0 saturated heterocycles. The van der Waals surface area contributed by atoms with Crippen molar-refractivity contribution in [3.8, 4) is 5.75 Å². The molecule has 0 aromatic heterocycles. The van der Waals surface area contributed by atoms with Gasteiger partial charge >= 0.3 is 6.61 Å². The van der Waals surface area contributed by atoms with Crippen LogP contribution in [0.3, 0.4) is 0 Å². The molecule has 0 amide bonds. The molecule has 2 rings (SSSR count). The van der Waals surface area contributed by atoms with Crippen molar-refractivity contribution >= 4 is 21.6 Å². The van der Waals surface area contributed by atoms with E-state index in [9.17, 15) is 13.2 Å². The van der Waals surface area contributed by atoms with Crippen LogP contribution in [0.15, 0.2) is 46.9 Å². The molecule has 0 unspecified atom stereocenters. The Hall–Kier alpha value is -1.69. The first-order valence-electron chi connectivity index (χ1n) is 5.77. The van der Waals surface area contributed by atoms with Crippen molar-refractivity contribution in [1.82, 2.24) is 0 Å². The summed E-state index contributed by atoms with van der Waals surface area (Å²) in [5.41, 5.74) is 1.64. The first kappa shape index (κ1) is 14.7. The third kappa shape index (κ3) is 4.16. The molecule has 106 valence electrons. The molecular formula is C14H11BrF3NO. The number of nitrogens with one attached hydrogen (secondary N) is 1. The molecule has 6 heteroatoms. The molecule has 2 aromatic carbocycles. The zero-order valence-corrected chi connectivity index (χ0v) is 11.8. The Morgan fingerprint density at radius 2 is 1.80 bits per heavy atom. The van der Waals surface area contributed by atoms with Crippen LogP contribution in [-0.4, -0.2) is 6.61 Å². The molecular weight excluding hydrogens is 335 g/mol. The van der Waals surface area contributed by atoms with Gasteiger partial charge in [-0.2, -0.15) is 8.78 Å². The summed E-state index contributed by atoms with van der Waals surface area (Å²) < 4.78 is 41.8. The number of benzene rings is 2. The molecule has 0 heterocycles. The van der Waals surface area contributed by atoms with E-state index < -0.39 is 6.61 Å². The Balaban J connectivity index is 1.96. The number of alkyl halides is 2. The van der Waals surface area contributed by atoms with Gasteiger partial charge in [-0.25, -0.2) is 4.39 Å². The fraction of sp³-hybridized carbons (Fsp3) is 0.143. The predicted octanol–water partition coefficient (Wildman–Crippen LogP) is 4.80. The van der Waals surface area contributed by atoms with Crippen molar-refractivity contribution < 1.29 is 17.9 Å². The van der Waals surface area contributed by atoms with Crippen molar-refractivity contribution in [2.45, 2.75) is 13.2 Å². The molecule has 0 aliphatic carbocycles. The second-order valence-corrected chi connectivity index (χ2v) is 4.85. The maximum absolute atomic E-state index is 12.9. The van der Waals surface area contributed by atoms with E-state index in [4.69, 9.17) is 0 Å². The summed E-state index contributed by atoms with van der Waals surface area (Å²) in [4.78, 5) is 0. The highest BCUT2D eigenvalue weighted by atomic mass is 79.9. The topological polar surface area (TPSA) is 21.3 Å². The summed E-state index contributed by atoms with van der Waals surface area (Å²) in [6.07, 6.45) is 0. The number of hydrogen-bond donors (Lipinski definition) is 1. The molecule has 0 saturated carbocycles. The van der Waals surface area contributed by atoms with Crippen LogP contribution in [-0.2, 0) is 6.54 Å². The number of ether oxygens (including phenoxy) is 1. The number of halogens is 4. The van der Waals surface area contributed by atoms with Crippen LogP contribution < -0.4 is 10.1 Å². The predicted molar refractivity (Wildman–Crippen MR) is 74.5 cm³/mol. The maximum Gasteiger partial charge on any atom is 0.387 e. The standard InChI is InChI=1S/C14H11BrF3NO/c15-12-7-10(16)3-6-13(12)19-8-9-1-4-11(5-2-9)20-14(17)18/h1-7,14,19H,8H2. The third-order valence-electron chi connectivity index (χ3n) is 2.56. The Labute approximate surface area is 122 Å². The van der Waals surface area contributed by atoms with Gasteiger partial charge in [0, 0.05) is 16.7 Å². The molecule has 0 bridgehead atoms. The van der Waals surface area contributed by atoms with E-state index in [0.29, 0.717) is 11.0 Å². The lowest BCUT2D eigenvalue weighted by Gasteiger charge is -2.09. The summed E-state index contributed by atoms with van der Waals surface area (Å²) in [5, 5.41) is 3.11. The average molecular weight is 346 g/mol. The van der Waals surface area contributed by atoms with Gasteiger partial charge in [0.1, 0.15) is 11.6 Å². The van der Waals surface area contributed by atoms with Crippen molar-refractivity contribution in [1.29, 1.82) is 0 Å². The highest BCUT2D eigenvalue weighted by Crippen LogP contribution is 2.24. The van der Waals surface area contributed by atoms with Gasteiger partial charge in [0.2, 0.25) is 0 Å². The van der Waals surface area contributed by atoms with Gasteiger partial charge in [-0.05, 0) is 51.8 Å². The number of rotatable bonds is 5. The Bertz CT molecular complexity index is 575. The van der Waals surface area contributed by atoms with E-state index in [0.717, 1.165) is 11.3 Å². The highest BCUT2D eigenvalue weighted by molar-refractivity contribution is 9.10. The van der Waals surface area contributed by atoms with Crippen LogP contribution in [0.2, 0.25) is 0 Å². The zero-order chi connectivity index (χ0) is 14.5. The first-order chi connectivity index (χ1) is 9.54. The smallest absolute Gasteiger partial charge is 0.387 e. The van der Waals surface area contributed by atoms with Gasteiger partial charge in [0.15, 0.2) is 0 Å². The molecule has 0 aliphatic heterocycles. The third-order valence-corrected chi connectivity index (χ3v) is 3.22. The minimum absolute atomic E-state index is 0.117. The number of hydrogen-bond acceptors (Lipinski definition) is 2. The van der Waals surface area contributed by atoms with Crippen molar-refractivity contribution in [2.24, 2.45) is 0 Å². The maximum atomic E-state index is 12.9. The second-order valence-electron chi connectivity index (χ2n) is 4.00. The highest BCUT2D eigenvalue weighted by Gasteiger charge is 2.04. The molecule has 0 fully saturated rings. The van der Waals surface area contributed by atoms with Crippen LogP contribution in [0.4, 0.5) is 18.9 Å². The first-order valence-corrected chi connectivity index (χ1v) is 6.56. The van der Waals surface area contributed by atoms with E-state index in [1.807, 2.05) is 0 Å².